The lowest BCUT2D eigenvalue weighted by Crippen LogP contribution is -2.21. The second-order valence-electron chi connectivity index (χ2n) is 2.28. The maximum atomic E-state index is 8.94. The van der Waals surface area contributed by atoms with Crippen LogP contribution in [-0.2, 0) is 4.74 Å². The normalized spacial score (nSPS) is 11.5. The first-order valence-electron chi connectivity index (χ1n) is 3.27. The molecule has 0 rings (SSSR count). The van der Waals surface area contributed by atoms with Gasteiger partial charge >= 0.3 is 12.1 Å². The number of nitrogens with zero attached hydrogens (tertiary/aromatic N) is 2. The number of diazo groups is 1. The minimum absolute atomic E-state index is 0.500. The van der Waals surface area contributed by atoms with Crippen molar-refractivity contribution in [3.8, 4) is 0 Å². The largest absolute Gasteiger partial charge is 0.476 e. The molecule has 0 heterocycles. The average Bonchev–Trinajstić information content (AvgIpc) is 2.05. The number of hydrogen-bond acceptors (Lipinski definition) is 3. The van der Waals surface area contributed by atoms with Crippen LogP contribution in [0.4, 0.5) is 0 Å². The molecule has 0 radical (unpaired) electrons. The van der Waals surface area contributed by atoms with Crippen molar-refractivity contribution in [3.05, 3.63) is 42.4 Å². The number of rotatable bonds is 4. The molecule has 0 saturated heterocycles. The van der Waals surface area contributed by atoms with Crippen LogP contribution in [0.3, 0.4) is 0 Å². The zero-order chi connectivity index (χ0) is 9.61. The summed E-state index contributed by atoms with van der Waals surface area (Å²) in [6, 6.07) is 0. The molecule has 0 amide bonds. The van der Waals surface area contributed by atoms with E-state index in [1.165, 1.54) is 12.2 Å². The zero-order valence-electron chi connectivity index (χ0n) is 6.90. The molecule has 64 valence electrons. The molecule has 12 heavy (non-hydrogen) atoms. The Balaban J connectivity index is 4.43. The summed E-state index contributed by atoms with van der Waals surface area (Å²) in [6.45, 7) is 8.63. The summed E-state index contributed by atoms with van der Waals surface area (Å²) in [6.07, 6.45) is 3.69. The van der Waals surface area contributed by atoms with Crippen molar-refractivity contribution >= 4 is 0 Å². The Morgan fingerprint density at radius 1 is 1.58 bits per heavy atom. The Morgan fingerprint density at radius 2 is 2.08 bits per heavy atom. The van der Waals surface area contributed by atoms with E-state index in [4.69, 9.17) is 15.2 Å². The predicted molar refractivity (Wildman–Crippen MR) is 45.7 cm³/mol. The molecule has 1 N–H and O–H groups in total. The highest BCUT2D eigenvalue weighted by molar-refractivity contribution is 5.09. The zero-order valence-corrected chi connectivity index (χ0v) is 6.90. The third kappa shape index (κ3) is 2.88. The average molecular weight is 167 g/mol. The van der Waals surface area contributed by atoms with Crippen LogP contribution in [0.15, 0.2) is 37.5 Å². The lowest BCUT2D eigenvalue weighted by atomic mass is 10.1. The van der Waals surface area contributed by atoms with E-state index in [2.05, 4.69) is 18.1 Å². The van der Waals surface area contributed by atoms with Crippen molar-refractivity contribution in [1.29, 1.82) is 5.39 Å². The summed E-state index contributed by atoms with van der Waals surface area (Å²) < 4.78 is 4.90. The number of ether oxygens (including phenoxy) is 1. The Morgan fingerprint density at radius 3 is 2.42 bits per heavy atom. The first kappa shape index (κ1) is 10.2. The van der Waals surface area contributed by atoms with Crippen molar-refractivity contribution < 1.29 is 9.84 Å². The first-order chi connectivity index (χ1) is 5.58. The maximum Gasteiger partial charge on any atom is 0.429 e. The van der Waals surface area contributed by atoms with Crippen LogP contribution in [-0.4, -0.2) is 10.7 Å². The molecule has 0 saturated carbocycles. The minimum atomic E-state index is -0.856. The van der Waals surface area contributed by atoms with Gasteiger partial charge in [-0.25, -0.2) is 0 Å². The number of aliphatic hydroxyl groups is 1. The third-order valence-corrected chi connectivity index (χ3v) is 1.30. The van der Waals surface area contributed by atoms with Crippen LogP contribution in [0, 0.1) is 5.39 Å². The lowest BCUT2D eigenvalue weighted by Gasteiger charge is -2.20. The van der Waals surface area contributed by atoms with Gasteiger partial charge in [0.2, 0.25) is 5.39 Å². The highest BCUT2D eigenvalue weighted by Gasteiger charge is 2.19. The van der Waals surface area contributed by atoms with E-state index in [1.807, 2.05) is 0 Å². The quantitative estimate of drug-likeness (QED) is 0.397. The van der Waals surface area contributed by atoms with Crippen LogP contribution in [0.1, 0.15) is 6.92 Å². The minimum Gasteiger partial charge on any atom is -0.476 e. The van der Waals surface area contributed by atoms with E-state index < -0.39 is 11.5 Å². The maximum absolute atomic E-state index is 8.94. The summed E-state index contributed by atoms with van der Waals surface area (Å²) >= 11 is 0. The van der Waals surface area contributed by atoms with Crippen molar-refractivity contribution in [2.45, 2.75) is 12.5 Å². The van der Waals surface area contributed by atoms with Gasteiger partial charge in [0, 0.05) is 0 Å². The fourth-order valence-corrected chi connectivity index (χ4v) is 0.468. The fourth-order valence-electron chi connectivity index (χ4n) is 0.468. The monoisotopic (exact) mass is 167 g/mol. The smallest absolute Gasteiger partial charge is 0.429 e. The van der Waals surface area contributed by atoms with Gasteiger partial charge in [0.05, 0.1) is 0 Å². The molecular formula is C8H11N2O2+. The van der Waals surface area contributed by atoms with Crippen molar-refractivity contribution in [2.24, 2.45) is 0 Å². The van der Waals surface area contributed by atoms with E-state index in [0.717, 1.165) is 6.20 Å². The molecule has 0 aromatic heterocycles. The molecule has 4 heteroatoms. The molecule has 0 aliphatic rings. The van der Waals surface area contributed by atoms with Crippen LogP contribution in [0.5, 0.6) is 0 Å². The molecule has 0 spiro atoms. The van der Waals surface area contributed by atoms with E-state index >= 15 is 0 Å². The summed E-state index contributed by atoms with van der Waals surface area (Å²) in [5, 5.41) is 17.0. The molecule has 0 aliphatic carbocycles. The van der Waals surface area contributed by atoms with Gasteiger partial charge in [-0.2, -0.15) is 0 Å². The number of aliphatic hydroxyl groups excluding tert-OH is 1. The van der Waals surface area contributed by atoms with Gasteiger partial charge in [-0.05, 0) is 19.1 Å². The van der Waals surface area contributed by atoms with Gasteiger partial charge in [-0.3, -0.25) is 0 Å². The summed E-state index contributed by atoms with van der Waals surface area (Å²) in [5.41, 5.74) is -0.856. The molecule has 4 nitrogen and oxygen atoms in total. The first-order valence-corrected chi connectivity index (χ1v) is 3.27. The van der Waals surface area contributed by atoms with Gasteiger partial charge in [0.15, 0.2) is 4.98 Å². The summed E-state index contributed by atoms with van der Waals surface area (Å²) in [5.74, 6) is -0.500. The lowest BCUT2D eigenvalue weighted by molar-refractivity contribution is 0.0225. The molecule has 0 fully saturated rings. The number of hydrogen-bond donors (Lipinski definition) is 1. The Labute approximate surface area is 71.1 Å². The van der Waals surface area contributed by atoms with Gasteiger partial charge in [0.1, 0.15) is 5.60 Å². The Bertz CT molecular complexity index is 242. The standard InChI is InChI=1S/C8H10N2O2/c1-4-8(3,5-2)12-7(11)6-10-9/h4-6H,1-2H2,3H3/p+1/b7-6-. The van der Waals surface area contributed by atoms with Crippen molar-refractivity contribution in [1.82, 2.24) is 0 Å². The SMILES string of the molecule is C=CC(C)(C=C)O/C(O)=C\[N+]#N. The van der Waals surface area contributed by atoms with Crippen LogP contribution in [0.2, 0.25) is 0 Å². The molecule has 0 aromatic rings. The summed E-state index contributed by atoms with van der Waals surface area (Å²) in [7, 11) is 0. The molecule has 0 atom stereocenters. The molecular weight excluding hydrogens is 156 g/mol. The molecule has 0 unspecified atom stereocenters. The van der Waals surface area contributed by atoms with E-state index in [9.17, 15) is 0 Å². The van der Waals surface area contributed by atoms with E-state index in [-0.39, 0.29) is 0 Å². The van der Waals surface area contributed by atoms with E-state index in [0.29, 0.717) is 0 Å². The van der Waals surface area contributed by atoms with Crippen LogP contribution in [0.25, 0.3) is 4.98 Å². The van der Waals surface area contributed by atoms with Gasteiger partial charge < -0.3 is 9.84 Å². The molecule has 0 aliphatic heterocycles. The summed E-state index contributed by atoms with van der Waals surface area (Å²) in [4.78, 5) is 2.58. The van der Waals surface area contributed by atoms with Crippen molar-refractivity contribution in [3.63, 3.8) is 0 Å². The molecule has 0 aromatic carbocycles. The van der Waals surface area contributed by atoms with Gasteiger partial charge in [-0.1, -0.05) is 13.2 Å². The van der Waals surface area contributed by atoms with Crippen LogP contribution < -0.4 is 0 Å². The van der Waals surface area contributed by atoms with Gasteiger partial charge in [0.25, 0.3) is 0 Å². The third-order valence-electron chi connectivity index (χ3n) is 1.30. The van der Waals surface area contributed by atoms with Crippen LogP contribution >= 0.6 is 0 Å². The second-order valence-corrected chi connectivity index (χ2v) is 2.28. The Kier molecular flexibility index (Phi) is 3.57. The second kappa shape index (κ2) is 4.19. The fraction of sp³-hybridized carbons (Fsp3) is 0.250. The van der Waals surface area contributed by atoms with Crippen molar-refractivity contribution in [2.75, 3.05) is 0 Å². The Hall–Kier alpha value is -1.76. The topological polar surface area (TPSA) is 57.6 Å². The van der Waals surface area contributed by atoms with E-state index in [1.54, 1.807) is 6.92 Å². The predicted octanol–water partition coefficient (Wildman–Crippen LogP) is 2.34. The highest BCUT2D eigenvalue weighted by Crippen LogP contribution is 2.16. The molecule has 0 bridgehead atoms. The van der Waals surface area contributed by atoms with Gasteiger partial charge in [-0.15, -0.1) is 0 Å². The highest BCUT2D eigenvalue weighted by atomic mass is 16.6.